The first-order valence-corrected chi connectivity index (χ1v) is 9.08. The van der Waals surface area contributed by atoms with E-state index in [1.165, 1.54) is 24.3 Å². The number of carbonyl (C=O) groups excluding carboxylic acids is 1. The normalized spacial score (nSPS) is 11.0. The predicted octanol–water partition coefficient (Wildman–Crippen LogP) is 3.30. The van der Waals surface area contributed by atoms with Crippen LogP contribution in [0.25, 0.3) is 17.2 Å². The number of para-hydroxylation sites is 1. The summed E-state index contributed by atoms with van der Waals surface area (Å²) in [5.41, 5.74) is 0.922. The van der Waals surface area contributed by atoms with Crippen molar-refractivity contribution in [3.05, 3.63) is 81.5 Å². The lowest BCUT2D eigenvalue weighted by atomic mass is 10.2. The fourth-order valence-electron chi connectivity index (χ4n) is 2.91. The highest BCUT2D eigenvalue weighted by molar-refractivity contribution is 6.30. The van der Waals surface area contributed by atoms with Gasteiger partial charge in [0, 0.05) is 22.3 Å². The number of rotatable bonds is 4. The van der Waals surface area contributed by atoms with Crippen molar-refractivity contribution >= 4 is 29.0 Å². The summed E-state index contributed by atoms with van der Waals surface area (Å²) < 4.78 is 16.5. The number of hydrogen-bond donors (Lipinski definition) is 1. The quantitative estimate of drug-likeness (QED) is 0.558. The summed E-state index contributed by atoms with van der Waals surface area (Å²) >= 11 is 5.91. The molecule has 0 spiro atoms. The van der Waals surface area contributed by atoms with Crippen LogP contribution in [0.3, 0.4) is 0 Å². The van der Waals surface area contributed by atoms with Gasteiger partial charge >= 0.3 is 0 Å². The summed E-state index contributed by atoms with van der Waals surface area (Å²) in [4.78, 5) is 29.3. The average molecular weight is 412 g/mol. The van der Waals surface area contributed by atoms with Crippen molar-refractivity contribution in [1.82, 2.24) is 19.2 Å². The molecule has 2 aromatic heterocycles. The standard InChI is InChI=1S/C20H15ClFN5O2/c1-12-10-18(29)27-20(24-19(25-27)13-6-8-14(21)9-7-13)26(12)11-17(28)23-16-5-3-2-4-15(16)22/h2-10H,11H2,1H3,(H,23,28). The first-order chi connectivity index (χ1) is 13.9. The third-order valence-corrected chi connectivity index (χ3v) is 4.60. The van der Waals surface area contributed by atoms with E-state index in [1.807, 2.05) is 0 Å². The molecule has 0 radical (unpaired) electrons. The minimum absolute atomic E-state index is 0.0792. The minimum Gasteiger partial charge on any atom is -0.322 e. The van der Waals surface area contributed by atoms with E-state index in [0.717, 1.165) is 4.52 Å². The summed E-state index contributed by atoms with van der Waals surface area (Å²) in [6, 6.07) is 14.1. The second-order valence-corrected chi connectivity index (χ2v) is 6.83. The molecule has 0 saturated heterocycles. The van der Waals surface area contributed by atoms with Gasteiger partial charge in [-0.1, -0.05) is 23.7 Å². The van der Waals surface area contributed by atoms with Crippen LogP contribution in [0.15, 0.2) is 59.4 Å². The maximum Gasteiger partial charge on any atom is 0.275 e. The third-order valence-electron chi connectivity index (χ3n) is 4.35. The molecule has 4 aromatic rings. The maximum absolute atomic E-state index is 13.8. The van der Waals surface area contributed by atoms with Crippen LogP contribution in [0.2, 0.25) is 5.02 Å². The van der Waals surface area contributed by atoms with Gasteiger partial charge in [0.15, 0.2) is 5.82 Å². The Kier molecular flexibility index (Phi) is 4.85. The molecule has 0 bridgehead atoms. The second kappa shape index (κ2) is 7.48. The Morgan fingerprint density at radius 2 is 1.90 bits per heavy atom. The van der Waals surface area contributed by atoms with E-state index in [1.54, 1.807) is 41.8 Å². The maximum atomic E-state index is 13.8. The lowest BCUT2D eigenvalue weighted by molar-refractivity contribution is -0.116. The lowest BCUT2D eigenvalue weighted by Crippen LogP contribution is -2.25. The number of aromatic nitrogens is 4. The molecule has 146 valence electrons. The zero-order valence-corrected chi connectivity index (χ0v) is 16.0. The van der Waals surface area contributed by atoms with Crippen LogP contribution in [0, 0.1) is 12.7 Å². The highest BCUT2D eigenvalue weighted by atomic mass is 35.5. The van der Waals surface area contributed by atoms with Crippen LogP contribution in [-0.2, 0) is 11.3 Å². The number of fused-ring (bicyclic) bond motifs is 1. The molecule has 7 nitrogen and oxygen atoms in total. The molecule has 0 saturated carbocycles. The van der Waals surface area contributed by atoms with E-state index in [4.69, 9.17) is 11.6 Å². The largest absolute Gasteiger partial charge is 0.322 e. The molecule has 1 N–H and O–H groups in total. The molecular formula is C20H15ClFN5O2. The first-order valence-electron chi connectivity index (χ1n) is 8.70. The van der Waals surface area contributed by atoms with E-state index in [-0.39, 0.29) is 23.6 Å². The van der Waals surface area contributed by atoms with E-state index < -0.39 is 11.7 Å². The summed E-state index contributed by atoms with van der Waals surface area (Å²) in [6.45, 7) is 1.52. The number of anilines is 1. The van der Waals surface area contributed by atoms with Crippen molar-refractivity contribution in [3.63, 3.8) is 0 Å². The molecule has 29 heavy (non-hydrogen) atoms. The van der Waals surface area contributed by atoms with Gasteiger partial charge in [0.05, 0.1) is 5.69 Å². The molecule has 0 atom stereocenters. The van der Waals surface area contributed by atoms with Gasteiger partial charge in [-0.2, -0.15) is 9.50 Å². The van der Waals surface area contributed by atoms with Crippen molar-refractivity contribution in [1.29, 1.82) is 0 Å². The van der Waals surface area contributed by atoms with Crippen LogP contribution >= 0.6 is 11.6 Å². The van der Waals surface area contributed by atoms with Gasteiger partial charge in [0.2, 0.25) is 11.7 Å². The third kappa shape index (κ3) is 3.74. The first kappa shape index (κ1) is 18.8. The van der Waals surface area contributed by atoms with Crippen LogP contribution in [0.1, 0.15) is 5.69 Å². The topological polar surface area (TPSA) is 81.3 Å². The molecule has 0 aliphatic carbocycles. The Labute approximate surface area is 169 Å². The van der Waals surface area contributed by atoms with E-state index in [0.29, 0.717) is 22.1 Å². The molecule has 1 amide bonds. The Hall–Kier alpha value is -3.52. The van der Waals surface area contributed by atoms with Gasteiger partial charge in [-0.15, -0.1) is 5.10 Å². The molecule has 2 aromatic carbocycles. The Balaban J connectivity index is 1.72. The Morgan fingerprint density at radius 3 is 2.62 bits per heavy atom. The van der Waals surface area contributed by atoms with Crippen molar-refractivity contribution < 1.29 is 9.18 Å². The highest BCUT2D eigenvalue weighted by Crippen LogP contribution is 2.19. The summed E-state index contributed by atoms with van der Waals surface area (Å²) in [6.07, 6.45) is 0. The number of carbonyl (C=O) groups is 1. The molecule has 4 rings (SSSR count). The molecule has 9 heteroatoms. The average Bonchev–Trinajstić information content (AvgIpc) is 3.13. The van der Waals surface area contributed by atoms with Gasteiger partial charge < -0.3 is 9.88 Å². The zero-order chi connectivity index (χ0) is 20.5. The molecule has 0 unspecified atom stereocenters. The van der Waals surface area contributed by atoms with Gasteiger partial charge in [-0.3, -0.25) is 9.59 Å². The van der Waals surface area contributed by atoms with Gasteiger partial charge in [-0.25, -0.2) is 4.39 Å². The predicted molar refractivity (Wildman–Crippen MR) is 107 cm³/mol. The molecule has 0 aliphatic rings. The van der Waals surface area contributed by atoms with Crippen LogP contribution in [0.5, 0.6) is 0 Å². The summed E-state index contributed by atoms with van der Waals surface area (Å²) in [7, 11) is 0. The van der Waals surface area contributed by atoms with E-state index in [2.05, 4.69) is 15.4 Å². The van der Waals surface area contributed by atoms with Crippen LogP contribution in [0.4, 0.5) is 10.1 Å². The molecule has 0 aliphatic heterocycles. The summed E-state index contributed by atoms with van der Waals surface area (Å²) in [5.74, 6) is -0.453. The number of nitrogens with one attached hydrogen (secondary N) is 1. The number of amides is 1. The number of halogens is 2. The smallest absolute Gasteiger partial charge is 0.275 e. The van der Waals surface area contributed by atoms with Crippen LogP contribution < -0.4 is 10.9 Å². The monoisotopic (exact) mass is 411 g/mol. The zero-order valence-electron chi connectivity index (χ0n) is 15.3. The SMILES string of the molecule is Cc1cc(=O)n2nc(-c3ccc(Cl)cc3)nc2n1CC(=O)Nc1ccccc1F. The number of benzene rings is 2. The Bertz CT molecular complexity index is 1280. The fourth-order valence-corrected chi connectivity index (χ4v) is 3.04. The summed E-state index contributed by atoms with van der Waals surface area (Å²) in [5, 5.41) is 7.35. The number of hydrogen-bond acceptors (Lipinski definition) is 4. The lowest BCUT2D eigenvalue weighted by Gasteiger charge is -2.12. The van der Waals surface area contributed by atoms with E-state index >= 15 is 0 Å². The van der Waals surface area contributed by atoms with Gasteiger partial charge in [0.25, 0.3) is 5.56 Å². The van der Waals surface area contributed by atoms with Gasteiger partial charge in [0.1, 0.15) is 12.4 Å². The minimum atomic E-state index is -0.532. The van der Waals surface area contributed by atoms with Crippen molar-refractivity contribution in [3.8, 4) is 11.4 Å². The van der Waals surface area contributed by atoms with Gasteiger partial charge in [-0.05, 0) is 43.3 Å². The van der Waals surface area contributed by atoms with Crippen LogP contribution in [-0.4, -0.2) is 25.1 Å². The second-order valence-electron chi connectivity index (χ2n) is 6.39. The highest BCUT2D eigenvalue weighted by Gasteiger charge is 2.16. The number of nitrogens with zero attached hydrogens (tertiary/aromatic N) is 4. The number of aryl methyl sites for hydroxylation is 1. The van der Waals surface area contributed by atoms with E-state index in [9.17, 15) is 14.0 Å². The van der Waals surface area contributed by atoms with Crippen molar-refractivity contribution in [2.24, 2.45) is 0 Å². The van der Waals surface area contributed by atoms with Crippen molar-refractivity contribution in [2.45, 2.75) is 13.5 Å². The molecule has 0 fully saturated rings. The Morgan fingerprint density at radius 1 is 1.17 bits per heavy atom. The van der Waals surface area contributed by atoms with Crippen molar-refractivity contribution in [2.75, 3.05) is 5.32 Å². The molecule has 2 heterocycles. The molecular weight excluding hydrogens is 397 g/mol. The fraction of sp³-hybridized carbons (Fsp3) is 0.100.